The third-order valence-electron chi connectivity index (χ3n) is 2.63. The lowest BCUT2D eigenvalue weighted by Gasteiger charge is -2.09. The van der Waals surface area contributed by atoms with Crippen molar-refractivity contribution in [2.24, 2.45) is 0 Å². The normalized spacial score (nSPS) is 10.1. The Bertz CT molecular complexity index is 504. The molecule has 2 aromatic rings. The molecule has 2 aromatic carbocycles. The van der Waals surface area contributed by atoms with E-state index in [1.807, 2.05) is 43.3 Å². The predicted octanol–water partition coefficient (Wildman–Crippen LogP) is 3.38. The first-order valence-corrected chi connectivity index (χ1v) is 5.15. The Morgan fingerprint density at radius 2 is 1.75 bits per heavy atom. The van der Waals surface area contributed by atoms with Crippen LogP contribution in [0.15, 0.2) is 42.5 Å². The first-order valence-electron chi connectivity index (χ1n) is 5.15. The molecule has 0 aliphatic heterocycles. The van der Waals surface area contributed by atoms with Crippen LogP contribution in [0.5, 0.6) is 11.5 Å². The lowest BCUT2D eigenvalue weighted by atomic mass is 9.99. The molecule has 2 nitrogen and oxygen atoms in total. The Morgan fingerprint density at radius 1 is 1.00 bits per heavy atom. The van der Waals surface area contributed by atoms with E-state index in [1.165, 1.54) is 0 Å². The molecule has 0 saturated heterocycles. The summed E-state index contributed by atoms with van der Waals surface area (Å²) in [5.74, 6) is 1.13. The molecule has 0 aliphatic rings. The second kappa shape index (κ2) is 4.27. The molecule has 2 rings (SSSR count). The predicted molar refractivity (Wildman–Crippen MR) is 64.8 cm³/mol. The fourth-order valence-corrected chi connectivity index (χ4v) is 1.77. The molecule has 0 spiro atoms. The maximum absolute atomic E-state index is 9.78. The van der Waals surface area contributed by atoms with Crippen LogP contribution in [-0.4, -0.2) is 12.2 Å². The summed E-state index contributed by atoms with van der Waals surface area (Å²) in [6, 6.07) is 13.2. The monoisotopic (exact) mass is 214 g/mol. The van der Waals surface area contributed by atoms with Crippen LogP contribution in [0.1, 0.15) is 5.56 Å². The molecular weight excluding hydrogens is 200 g/mol. The largest absolute Gasteiger partial charge is 0.507 e. The van der Waals surface area contributed by atoms with Crippen LogP contribution in [0.2, 0.25) is 0 Å². The topological polar surface area (TPSA) is 29.5 Å². The molecule has 1 N–H and O–H groups in total. The van der Waals surface area contributed by atoms with Crippen LogP contribution in [0.4, 0.5) is 0 Å². The zero-order valence-corrected chi connectivity index (χ0v) is 9.40. The zero-order chi connectivity index (χ0) is 11.5. The first-order chi connectivity index (χ1) is 7.72. The van der Waals surface area contributed by atoms with Crippen molar-refractivity contribution in [1.82, 2.24) is 0 Å². The Hall–Kier alpha value is -1.96. The number of phenolic OH excluding ortho intramolecular Hbond substituents is 1. The van der Waals surface area contributed by atoms with Gasteiger partial charge in [0.1, 0.15) is 11.5 Å². The van der Waals surface area contributed by atoms with Crippen LogP contribution in [0.25, 0.3) is 11.1 Å². The summed E-state index contributed by atoms with van der Waals surface area (Å²) in [7, 11) is 1.65. The third-order valence-corrected chi connectivity index (χ3v) is 2.63. The minimum absolute atomic E-state index is 0.302. The lowest BCUT2D eigenvalue weighted by molar-refractivity contribution is 0.414. The van der Waals surface area contributed by atoms with E-state index in [0.29, 0.717) is 5.75 Å². The molecule has 0 aromatic heterocycles. The van der Waals surface area contributed by atoms with Crippen LogP contribution in [0.3, 0.4) is 0 Å². The first kappa shape index (κ1) is 10.6. The van der Waals surface area contributed by atoms with Gasteiger partial charge in [-0.25, -0.2) is 0 Å². The van der Waals surface area contributed by atoms with Crippen molar-refractivity contribution in [1.29, 1.82) is 0 Å². The molecule has 0 fully saturated rings. The van der Waals surface area contributed by atoms with E-state index >= 15 is 0 Å². The fraction of sp³-hybridized carbons (Fsp3) is 0.143. The van der Waals surface area contributed by atoms with Gasteiger partial charge >= 0.3 is 0 Å². The van der Waals surface area contributed by atoms with E-state index < -0.39 is 0 Å². The maximum atomic E-state index is 9.78. The van der Waals surface area contributed by atoms with Crippen LogP contribution in [-0.2, 0) is 0 Å². The molecule has 0 aliphatic carbocycles. The quantitative estimate of drug-likeness (QED) is 0.830. The van der Waals surface area contributed by atoms with E-state index in [1.54, 1.807) is 13.2 Å². The van der Waals surface area contributed by atoms with E-state index in [9.17, 15) is 5.11 Å². The molecule has 0 heterocycles. The zero-order valence-electron chi connectivity index (χ0n) is 9.40. The summed E-state index contributed by atoms with van der Waals surface area (Å²) >= 11 is 0. The fourth-order valence-electron chi connectivity index (χ4n) is 1.77. The number of para-hydroxylation sites is 1. The highest BCUT2D eigenvalue weighted by Gasteiger charge is 2.06. The molecule has 16 heavy (non-hydrogen) atoms. The Morgan fingerprint density at radius 3 is 2.38 bits per heavy atom. The number of aromatic hydroxyl groups is 1. The molecule has 2 heteroatoms. The van der Waals surface area contributed by atoms with Crippen LogP contribution >= 0.6 is 0 Å². The Balaban J connectivity index is 2.53. The molecule has 0 saturated carbocycles. The number of hydrogen-bond acceptors (Lipinski definition) is 2. The number of ether oxygens (including phenoxy) is 1. The number of aryl methyl sites for hydroxylation is 1. The maximum Gasteiger partial charge on any atom is 0.123 e. The minimum Gasteiger partial charge on any atom is -0.507 e. The van der Waals surface area contributed by atoms with Gasteiger partial charge in [0.2, 0.25) is 0 Å². The van der Waals surface area contributed by atoms with Gasteiger partial charge in [-0.1, -0.05) is 24.3 Å². The second-order valence-corrected chi connectivity index (χ2v) is 3.70. The van der Waals surface area contributed by atoms with Crippen molar-refractivity contribution in [2.45, 2.75) is 6.92 Å². The number of rotatable bonds is 2. The number of hydrogen-bond donors (Lipinski definition) is 1. The molecule has 0 atom stereocenters. The van der Waals surface area contributed by atoms with E-state index in [4.69, 9.17) is 4.74 Å². The number of phenols is 1. The van der Waals surface area contributed by atoms with Gasteiger partial charge in [-0.15, -0.1) is 0 Å². The SMILES string of the molecule is COc1ccc(-c2ccccc2O)c(C)c1. The third kappa shape index (κ3) is 1.87. The Labute approximate surface area is 95.1 Å². The standard InChI is InChI=1S/C14H14O2/c1-10-9-11(16-2)7-8-12(10)13-5-3-4-6-14(13)15/h3-9,15H,1-2H3. The van der Waals surface area contributed by atoms with Crippen LogP contribution in [0, 0.1) is 6.92 Å². The summed E-state index contributed by atoms with van der Waals surface area (Å²) in [6.07, 6.45) is 0. The highest BCUT2D eigenvalue weighted by atomic mass is 16.5. The number of benzene rings is 2. The van der Waals surface area contributed by atoms with E-state index in [2.05, 4.69) is 0 Å². The van der Waals surface area contributed by atoms with Crippen molar-refractivity contribution < 1.29 is 9.84 Å². The van der Waals surface area contributed by atoms with Gasteiger partial charge in [-0.05, 0) is 36.2 Å². The van der Waals surface area contributed by atoms with Crippen molar-refractivity contribution >= 4 is 0 Å². The average Bonchev–Trinajstić information content (AvgIpc) is 2.30. The van der Waals surface area contributed by atoms with Gasteiger partial charge in [0.05, 0.1) is 7.11 Å². The second-order valence-electron chi connectivity index (χ2n) is 3.70. The Kier molecular flexibility index (Phi) is 2.82. The van der Waals surface area contributed by atoms with Crippen molar-refractivity contribution in [3.63, 3.8) is 0 Å². The van der Waals surface area contributed by atoms with Gasteiger partial charge in [0.25, 0.3) is 0 Å². The van der Waals surface area contributed by atoms with Crippen molar-refractivity contribution in [2.75, 3.05) is 7.11 Å². The van der Waals surface area contributed by atoms with Crippen molar-refractivity contribution in [3.8, 4) is 22.6 Å². The molecule has 82 valence electrons. The summed E-state index contributed by atoms with van der Waals surface area (Å²) in [5, 5.41) is 9.78. The summed E-state index contributed by atoms with van der Waals surface area (Å²) in [6.45, 7) is 2.00. The summed E-state index contributed by atoms with van der Waals surface area (Å²) in [4.78, 5) is 0. The van der Waals surface area contributed by atoms with E-state index in [-0.39, 0.29) is 0 Å². The summed E-state index contributed by atoms with van der Waals surface area (Å²) in [5.41, 5.74) is 2.96. The highest BCUT2D eigenvalue weighted by Crippen LogP contribution is 2.32. The van der Waals surface area contributed by atoms with Crippen molar-refractivity contribution in [3.05, 3.63) is 48.0 Å². The molecule has 0 bridgehead atoms. The van der Waals surface area contributed by atoms with Gasteiger partial charge < -0.3 is 9.84 Å². The average molecular weight is 214 g/mol. The van der Waals surface area contributed by atoms with Crippen LogP contribution < -0.4 is 4.74 Å². The molecular formula is C14H14O2. The van der Waals surface area contributed by atoms with Gasteiger partial charge in [0, 0.05) is 5.56 Å². The van der Waals surface area contributed by atoms with Gasteiger partial charge in [-0.3, -0.25) is 0 Å². The highest BCUT2D eigenvalue weighted by molar-refractivity contribution is 5.73. The van der Waals surface area contributed by atoms with Gasteiger partial charge in [-0.2, -0.15) is 0 Å². The number of methoxy groups -OCH3 is 1. The van der Waals surface area contributed by atoms with Gasteiger partial charge in [0.15, 0.2) is 0 Å². The minimum atomic E-state index is 0.302. The lowest BCUT2D eigenvalue weighted by Crippen LogP contribution is -1.87. The molecule has 0 unspecified atom stereocenters. The summed E-state index contributed by atoms with van der Waals surface area (Å²) < 4.78 is 5.15. The van der Waals surface area contributed by atoms with E-state index in [0.717, 1.165) is 22.4 Å². The smallest absolute Gasteiger partial charge is 0.123 e. The molecule has 0 amide bonds. The molecule has 0 radical (unpaired) electrons.